The molecule has 0 radical (unpaired) electrons. The molecule has 0 unspecified atom stereocenters. The van der Waals surface area contributed by atoms with Gasteiger partial charge in [0.2, 0.25) is 0 Å². The molecule has 58 heavy (non-hydrogen) atoms. The summed E-state index contributed by atoms with van der Waals surface area (Å²) in [5, 5.41) is 0. The number of ether oxygens (including phenoxy) is 3. The second-order valence-corrected chi connectivity index (χ2v) is 24.8. The van der Waals surface area contributed by atoms with Crippen molar-refractivity contribution in [2.75, 3.05) is 19.7 Å². The molecule has 1 N–H and O–H groups in total. The van der Waals surface area contributed by atoms with Gasteiger partial charge in [-0.25, -0.2) is 28.3 Å². The zero-order valence-corrected chi connectivity index (χ0v) is 36.4. The number of likely N-dealkylation sites (tertiary alicyclic amines) is 2. The molecule has 7 rings (SSSR count). The van der Waals surface area contributed by atoms with Crippen molar-refractivity contribution < 1.29 is 32.6 Å². The number of carbonyl (C=O) groups is 2. The quantitative estimate of drug-likeness (QED) is 0.132. The zero-order valence-electron chi connectivity index (χ0n) is 35.4. The third-order valence-electron chi connectivity index (χ3n) is 10.8. The molecule has 4 heterocycles. The van der Waals surface area contributed by atoms with Gasteiger partial charge in [0, 0.05) is 38.9 Å². The van der Waals surface area contributed by atoms with Crippen LogP contribution in [0.15, 0.2) is 48.7 Å². The van der Waals surface area contributed by atoms with E-state index < -0.39 is 50.3 Å². The summed E-state index contributed by atoms with van der Waals surface area (Å²) < 4.78 is 49.0. The number of nitrogens with one attached hydrogen (secondary N) is 1. The number of nitrogens with zero attached hydrogens (tertiary/aromatic N) is 5. The van der Waals surface area contributed by atoms with Crippen LogP contribution in [0.3, 0.4) is 0 Å². The van der Waals surface area contributed by atoms with Gasteiger partial charge in [0.15, 0.2) is 0 Å². The molecule has 3 aliphatic rings. The lowest BCUT2D eigenvalue weighted by Gasteiger charge is -2.29. The van der Waals surface area contributed by atoms with Crippen LogP contribution in [0, 0.1) is 0 Å². The number of benzene rings is 2. The minimum Gasteiger partial charge on any atom is -0.444 e. The Morgan fingerprint density at radius 3 is 2.22 bits per heavy atom. The van der Waals surface area contributed by atoms with Gasteiger partial charge in [0.05, 0.1) is 36.2 Å². The fourth-order valence-electron chi connectivity index (χ4n) is 8.01. The van der Waals surface area contributed by atoms with Crippen LogP contribution in [0.25, 0.3) is 33.6 Å². The standard InChI is InChI=1S/C44H58F2N6O5Si/c1-42(2,3)56-40(53)50-20-10-11-35(50)39-49-37-32-18-16-30(23-31(32)17-19-34(37)52(39)27-55-21-22-58(7,8)9)28-12-14-29(15-13-28)33-25-47-38(48-33)36-24-44(45,46)26-51(36)41(54)57-43(4,5)6/h12-16,18,23,25,35-36H,10-11,17,19-22,24,26-27H2,1-9H3,(H,47,48)/t35-,36-/m0/s1. The summed E-state index contributed by atoms with van der Waals surface area (Å²) in [6, 6.07) is 14.5. The molecule has 1 aliphatic carbocycles. The fraction of sp³-hybridized carbons (Fsp3) is 0.545. The SMILES string of the molecule is CC(C)(C)OC(=O)N1CC(F)(F)C[C@H]1c1ncc(-c2ccc(-c3ccc4c(c3)CCc3c-4nc([C@@H]4CCCN4C(=O)OC(C)(C)C)n3COCC[Si](C)(C)C)cc2)[nH]1. The normalized spacial score (nSPS) is 19.3. The number of hydrogen-bond acceptors (Lipinski definition) is 7. The number of H-pyrrole nitrogens is 1. The molecule has 4 aromatic rings. The highest BCUT2D eigenvalue weighted by molar-refractivity contribution is 6.76. The molecule has 2 aromatic heterocycles. The summed E-state index contributed by atoms with van der Waals surface area (Å²) in [7, 11) is -1.28. The molecule has 2 saturated heterocycles. The Kier molecular flexibility index (Phi) is 11.2. The van der Waals surface area contributed by atoms with E-state index in [4.69, 9.17) is 19.2 Å². The van der Waals surface area contributed by atoms with Crippen molar-refractivity contribution in [3.63, 3.8) is 0 Å². The maximum Gasteiger partial charge on any atom is 0.411 e. The smallest absolute Gasteiger partial charge is 0.411 e. The van der Waals surface area contributed by atoms with E-state index in [-0.39, 0.29) is 12.1 Å². The number of fused-ring (bicyclic) bond motifs is 3. The lowest BCUT2D eigenvalue weighted by Crippen LogP contribution is -2.38. The molecule has 0 saturated carbocycles. The van der Waals surface area contributed by atoms with E-state index in [1.807, 2.05) is 49.9 Å². The Bertz CT molecular complexity index is 2150. The van der Waals surface area contributed by atoms with Gasteiger partial charge in [0.25, 0.3) is 5.92 Å². The summed E-state index contributed by atoms with van der Waals surface area (Å²) in [5.41, 5.74) is 6.59. The zero-order chi connectivity index (χ0) is 41.8. The largest absolute Gasteiger partial charge is 0.444 e. The minimum atomic E-state index is -3.05. The number of hydrogen-bond donors (Lipinski definition) is 1. The number of aryl methyl sites for hydroxylation is 1. The van der Waals surface area contributed by atoms with E-state index in [0.29, 0.717) is 31.4 Å². The summed E-state index contributed by atoms with van der Waals surface area (Å²) in [4.78, 5) is 42.1. The van der Waals surface area contributed by atoms with Crippen molar-refractivity contribution in [3.8, 4) is 33.6 Å². The summed E-state index contributed by atoms with van der Waals surface area (Å²) in [6.45, 7) is 18.8. The number of halogens is 2. The first kappa shape index (κ1) is 41.6. The van der Waals surface area contributed by atoms with E-state index >= 15 is 0 Å². The summed E-state index contributed by atoms with van der Waals surface area (Å²) in [5.74, 6) is -1.89. The predicted octanol–water partition coefficient (Wildman–Crippen LogP) is 10.4. The maximum absolute atomic E-state index is 14.6. The Hall–Kier alpha value is -4.56. The van der Waals surface area contributed by atoms with Crippen LogP contribution in [0.4, 0.5) is 18.4 Å². The van der Waals surface area contributed by atoms with E-state index in [1.54, 1.807) is 27.0 Å². The molecular weight excluding hydrogens is 759 g/mol. The second kappa shape index (κ2) is 15.6. The summed E-state index contributed by atoms with van der Waals surface area (Å²) in [6.07, 6.45) is 3.32. The van der Waals surface area contributed by atoms with Crippen LogP contribution in [-0.2, 0) is 33.8 Å². The second-order valence-electron chi connectivity index (χ2n) is 19.2. The Morgan fingerprint density at radius 1 is 0.897 bits per heavy atom. The summed E-state index contributed by atoms with van der Waals surface area (Å²) >= 11 is 0. The van der Waals surface area contributed by atoms with Gasteiger partial charge in [-0.3, -0.25) is 9.80 Å². The monoisotopic (exact) mass is 816 g/mol. The number of alkyl halides is 2. The van der Waals surface area contributed by atoms with Crippen LogP contribution in [0.1, 0.15) is 95.8 Å². The topological polar surface area (TPSA) is 115 Å². The third-order valence-corrected chi connectivity index (χ3v) is 12.5. The van der Waals surface area contributed by atoms with Crippen LogP contribution >= 0.6 is 0 Å². The third kappa shape index (κ3) is 9.33. The number of imidazole rings is 2. The molecule has 0 spiro atoms. The van der Waals surface area contributed by atoms with Gasteiger partial charge in [-0.2, -0.15) is 0 Å². The number of carbonyl (C=O) groups excluding carboxylic acids is 2. The molecule has 312 valence electrons. The Labute approximate surface area is 341 Å². The predicted molar refractivity (Wildman–Crippen MR) is 222 cm³/mol. The molecule has 11 nitrogen and oxygen atoms in total. The molecule has 2 fully saturated rings. The lowest BCUT2D eigenvalue weighted by molar-refractivity contribution is -0.00248. The lowest BCUT2D eigenvalue weighted by atomic mass is 9.89. The number of aromatic nitrogens is 4. The molecule has 2 aromatic carbocycles. The molecule has 2 aliphatic heterocycles. The first-order valence-electron chi connectivity index (χ1n) is 20.5. The van der Waals surface area contributed by atoms with Crippen molar-refractivity contribution in [1.29, 1.82) is 0 Å². The minimum absolute atomic E-state index is 0.198. The number of rotatable bonds is 9. The Morgan fingerprint density at radius 2 is 1.55 bits per heavy atom. The van der Waals surface area contributed by atoms with Gasteiger partial charge in [-0.15, -0.1) is 0 Å². The highest BCUT2D eigenvalue weighted by atomic mass is 28.3. The average molecular weight is 817 g/mol. The van der Waals surface area contributed by atoms with E-state index in [2.05, 4.69) is 52.4 Å². The van der Waals surface area contributed by atoms with Crippen molar-refractivity contribution >= 4 is 20.3 Å². The van der Waals surface area contributed by atoms with Crippen molar-refractivity contribution in [3.05, 3.63) is 71.6 Å². The van der Waals surface area contributed by atoms with E-state index in [0.717, 1.165) is 76.1 Å². The molecular formula is C44H58F2N6O5Si. The van der Waals surface area contributed by atoms with Gasteiger partial charge >= 0.3 is 12.2 Å². The van der Waals surface area contributed by atoms with Crippen molar-refractivity contribution in [2.45, 2.75) is 135 Å². The Balaban J connectivity index is 1.12. The van der Waals surface area contributed by atoms with Crippen LogP contribution in [-0.4, -0.2) is 86.4 Å². The first-order valence-corrected chi connectivity index (χ1v) is 24.2. The van der Waals surface area contributed by atoms with Gasteiger partial charge in [-0.05, 0) is 95.5 Å². The van der Waals surface area contributed by atoms with Crippen LogP contribution in [0.5, 0.6) is 0 Å². The molecule has 14 heteroatoms. The van der Waals surface area contributed by atoms with Gasteiger partial charge < -0.3 is 23.8 Å². The van der Waals surface area contributed by atoms with Crippen molar-refractivity contribution in [2.24, 2.45) is 0 Å². The highest BCUT2D eigenvalue weighted by Gasteiger charge is 2.50. The van der Waals surface area contributed by atoms with Gasteiger partial charge in [0.1, 0.15) is 29.6 Å². The molecule has 2 atom stereocenters. The van der Waals surface area contributed by atoms with Crippen LogP contribution in [0.2, 0.25) is 25.7 Å². The molecule has 0 bridgehead atoms. The highest BCUT2D eigenvalue weighted by Crippen LogP contribution is 2.43. The number of aromatic amines is 1. The average Bonchev–Trinajstić information content (AvgIpc) is 3.93. The first-order chi connectivity index (χ1) is 27.1. The maximum atomic E-state index is 14.6. The fourth-order valence-corrected chi connectivity index (χ4v) is 8.77. The van der Waals surface area contributed by atoms with Crippen molar-refractivity contribution in [1.82, 2.24) is 29.3 Å². The van der Waals surface area contributed by atoms with Crippen LogP contribution < -0.4 is 0 Å². The van der Waals surface area contributed by atoms with E-state index in [1.165, 1.54) is 5.56 Å². The molecule has 2 amide bonds. The van der Waals surface area contributed by atoms with E-state index in [9.17, 15) is 18.4 Å². The van der Waals surface area contributed by atoms with Gasteiger partial charge in [-0.1, -0.05) is 62.1 Å². The number of amides is 2.